The number of benzene rings is 1. The Morgan fingerprint density at radius 1 is 1.00 bits per heavy atom. The van der Waals surface area contributed by atoms with Gasteiger partial charge in [0.2, 0.25) is 0 Å². The van der Waals surface area contributed by atoms with Crippen molar-refractivity contribution in [1.29, 1.82) is 0 Å². The number of allylic oxidation sites excluding steroid dienone is 4. The van der Waals surface area contributed by atoms with Crippen molar-refractivity contribution in [2.75, 3.05) is 0 Å². The molecule has 102 valence electrons. The first-order valence-corrected chi connectivity index (χ1v) is 6.25. The van der Waals surface area contributed by atoms with E-state index < -0.39 is 5.97 Å². The molecule has 0 amide bonds. The van der Waals surface area contributed by atoms with Gasteiger partial charge >= 0.3 is 5.97 Å². The summed E-state index contributed by atoms with van der Waals surface area (Å²) in [5, 5.41) is 3.82. The van der Waals surface area contributed by atoms with Gasteiger partial charge in [0.1, 0.15) is 5.71 Å². The van der Waals surface area contributed by atoms with E-state index in [0.717, 1.165) is 5.56 Å². The zero-order chi connectivity index (χ0) is 14.7. The van der Waals surface area contributed by atoms with Crippen LogP contribution in [0.4, 0.5) is 0 Å². The van der Waals surface area contributed by atoms with Crippen LogP contribution in [0.2, 0.25) is 0 Å². The minimum Gasteiger partial charge on any atom is -0.312 e. The molecular formula is C16H15NO3. The summed E-state index contributed by atoms with van der Waals surface area (Å²) >= 11 is 0. The summed E-state index contributed by atoms with van der Waals surface area (Å²) in [4.78, 5) is 28.2. The van der Waals surface area contributed by atoms with Crippen LogP contribution in [0.25, 0.3) is 0 Å². The highest BCUT2D eigenvalue weighted by Crippen LogP contribution is 2.14. The van der Waals surface area contributed by atoms with Crippen LogP contribution in [0.5, 0.6) is 0 Å². The summed E-state index contributed by atoms with van der Waals surface area (Å²) in [6.07, 6.45) is 2.97. The molecule has 0 N–H and O–H groups in total. The molecule has 0 heterocycles. The Morgan fingerprint density at radius 3 is 2.30 bits per heavy atom. The molecule has 1 aromatic rings. The maximum atomic E-state index is 11.8. The Labute approximate surface area is 117 Å². The SMILES string of the molecule is CC1=C(C)/C(=N\OC(=O)c2ccc(C)cc2)C=CC1=O. The average molecular weight is 269 g/mol. The molecule has 0 atom stereocenters. The predicted octanol–water partition coefficient (Wildman–Crippen LogP) is 2.98. The largest absolute Gasteiger partial charge is 0.365 e. The number of nitrogens with zero attached hydrogens (tertiary/aromatic N) is 1. The van der Waals surface area contributed by atoms with Crippen molar-refractivity contribution in [3.8, 4) is 0 Å². The van der Waals surface area contributed by atoms with Gasteiger partial charge in [-0.05, 0) is 50.6 Å². The second-order valence-electron chi connectivity index (χ2n) is 4.67. The summed E-state index contributed by atoms with van der Waals surface area (Å²) in [5.74, 6) is -0.570. The molecule has 0 aliphatic heterocycles. The van der Waals surface area contributed by atoms with E-state index in [-0.39, 0.29) is 5.78 Å². The van der Waals surface area contributed by atoms with Gasteiger partial charge in [-0.15, -0.1) is 0 Å². The van der Waals surface area contributed by atoms with Crippen LogP contribution < -0.4 is 0 Å². The van der Waals surface area contributed by atoms with Crippen molar-refractivity contribution >= 4 is 17.5 Å². The van der Waals surface area contributed by atoms with Crippen LogP contribution in [0.1, 0.15) is 29.8 Å². The topological polar surface area (TPSA) is 55.7 Å². The smallest absolute Gasteiger partial charge is 0.312 e. The zero-order valence-corrected chi connectivity index (χ0v) is 11.6. The Bertz CT molecular complexity index is 649. The molecule has 0 spiro atoms. The normalized spacial score (nSPS) is 16.8. The van der Waals surface area contributed by atoms with Gasteiger partial charge in [0, 0.05) is 5.57 Å². The van der Waals surface area contributed by atoms with Crippen molar-refractivity contribution in [3.05, 3.63) is 58.7 Å². The van der Waals surface area contributed by atoms with Gasteiger partial charge in [0.25, 0.3) is 0 Å². The predicted molar refractivity (Wildman–Crippen MR) is 76.6 cm³/mol. The summed E-state index contributed by atoms with van der Waals surface area (Å²) in [5.41, 5.74) is 3.32. The standard InChI is InChI=1S/C16H15NO3/c1-10-4-6-13(7-5-10)16(19)20-17-14-8-9-15(18)12(3)11(14)2/h4-9H,1-3H3/b17-14-. The summed E-state index contributed by atoms with van der Waals surface area (Å²) in [6.45, 7) is 5.43. The second kappa shape index (κ2) is 5.65. The second-order valence-corrected chi connectivity index (χ2v) is 4.67. The molecule has 1 aliphatic rings. The minimum atomic E-state index is -0.520. The van der Waals surface area contributed by atoms with Crippen LogP contribution in [-0.4, -0.2) is 17.5 Å². The lowest BCUT2D eigenvalue weighted by atomic mass is 9.97. The van der Waals surface area contributed by atoms with E-state index in [0.29, 0.717) is 22.4 Å². The van der Waals surface area contributed by atoms with Crippen molar-refractivity contribution in [3.63, 3.8) is 0 Å². The van der Waals surface area contributed by atoms with Crippen LogP contribution in [0.15, 0.2) is 52.7 Å². The highest BCUT2D eigenvalue weighted by atomic mass is 16.7. The monoisotopic (exact) mass is 269 g/mol. The Morgan fingerprint density at radius 2 is 1.65 bits per heavy atom. The van der Waals surface area contributed by atoms with Gasteiger partial charge in [-0.3, -0.25) is 4.79 Å². The maximum Gasteiger partial charge on any atom is 0.365 e. The summed E-state index contributed by atoms with van der Waals surface area (Å²) in [7, 11) is 0. The molecule has 0 radical (unpaired) electrons. The van der Waals surface area contributed by atoms with E-state index in [2.05, 4.69) is 5.16 Å². The quantitative estimate of drug-likeness (QED) is 0.471. The molecule has 4 nitrogen and oxygen atoms in total. The van der Waals surface area contributed by atoms with Crippen molar-refractivity contribution in [2.24, 2.45) is 5.16 Å². The lowest BCUT2D eigenvalue weighted by molar-refractivity contribution is -0.111. The van der Waals surface area contributed by atoms with Crippen molar-refractivity contribution in [2.45, 2.75) is 20.8 Å². The zero-order valence-electron chi connectivity index (χ0n) is 11.6. The third kappa shape index (κ3) is 2.91. The highest BCUT2D eigenvalue weighted by molar-refractivity contribution is 6.21. The molecule has 0 saturated heterocycles. The van der Waals surface area contributed by atoms with E-state index in [4.69, 9.17) is 4.84 Å². The molecule has 0 unspecified atom stereocenters. The van der Waals surface area contributed by atoms with Crippen LogP contribution in [-0.2, 0) is 9.63 Å². The summed E-state index contributed by atoms with van der Waals surface area (Å²) < 4.78 is 0. The van der Waals surface area contributed by atoms with Gasteiger partial charge in [0.15, 0.2) is 5.78 Å². The number of carbonyl (C=O) groups excluding carboxylic acids is 2. The number of carbonyl (C=O) groups is 2. The lowest BCUT2D eigenvalue weighted by Gasteiger charge is -2.09. The number of rotatable bonds is 2. The van der Waals surface area contributed by atoms with E-state index in [1.165, 1.54) is 6.08 Å². The molecular weight excluding hydrogens is 254 g/mol. The van der Waals surface area contributed by atoms with Gasteiger partial charge < -0.3 is 4.84 Å². The average Bonchev–Trinajstić information content (AvgIpc) is 2.44. The molecule has 2 rings (SSSR count). The van der Waals surface area contributed by atoms with E-state index >= 15 is 0 Å². The van der Waals surface area contributed by atoms with E-state index in [1.807, 2.05) is 19.1 Å². The number of aryl methyl sites for hydroxylation is 1. The molecule has 1 aliphatic carbocycles. The first kappa shape index (κ1) is 13.9. The number of hydrogen-bond donors (Lipinski definition) is 0. The number of hydrogen-bond acceptors (Lipinski definition) is 4. The molecule has 0 aromatic heterocycles. The highest BCUT2D eigenvalue weighted by Gasteiger charge is 2.15. The molecule has 20 heavy (non-hydrogen) atoms. The number of ketones is 1. The molecule has 0 bridgehead atoms. The fourth-order valence-electron chi connectivity index (χ4n) is 1.71. The first-order valence-electron chi connectivity index (χ1n) is 6.25. The number of oxime groups is 1. The van der Waals surface area contributed by atoms with E-state index in [1.54, 1.807) is 32.1 Å². The van der Waals surface area contributed by atoms with Gasteiger partial charge in [-0.2, -0.15) is 0 Å². The lowest BCUT2D eigenvalue weighted by Crippen LogP contribution is -2.12. The Balaban J connectivity index is 2.14. The third-order valence-electron chi connectivity index (χ3n) is 3.22. The first-order chi connectivity index (χ1) is 9.49. The molecule has 4 heteroatoms. The summed E-state index contributed by atoms with van der Waals surface area (Å²) in [6, 6.07) is 7.04. The van der Waals surface area contributed by atoms with E-state index in [9.17, 15) is 9.59 Å². The molecule has 1 aromatic carbocycles. The molecule has 0 fully saturated rings. The van der Waals surface area contributed by atoms with Crippen molar-refractivity contribution in [1.82, 2.24) is 0 Å². The van der Waals surface area contributed by atoms with Gasteiger partial charge in [-0.25, -0.2) is 4.79 Å². The van der Waals surface area contributed by atoms with Crippen LogP contribution in [0, 0.1) is 6.92 Å². The molecule has 0 saturated carbocycles. The fraction of sp³-hybridized carbons (Fsp3) is 0.188. The Kier molecular flexibility index (Phi) is 3.94. The van der Waals surface area contributed by atoms with Gasteiger partial charge in [-0.1, -0.05) is 22.9 Å². The van der Waals surface area contributed by atoms with Crippen molar-refractivity contribution < 1.29 is 14.4 Å². The maximum absolute atomic E-state index is 11.8. The van der Waals surface area contributed by atoms with Crippen LogP contribution >= 0.6 is 0 Å². The fourth-order valence-corrected chi connectivity index (χ4v) is 1.71. The minimum absolute atomic E-state index is 0.0497. The Hall–Kier alpha value is -2.49. The third-order valence-corrected chi connectivity index (χ3v) is 3.22. The van der Waals surface area contributed by atoms with Gasteiger partial charge in [0.05, 0.1) is 5.56 Å². The van der Waals surface area contributed by atoms with Crippen LogP contribution in [0.3, 0.4) is 0 Å².